The highest BCUT2D eigenvalue weighted by Crippen LogP contribution is 2.23. The highest BCUT2D eigenvalue weighted by molar-refractivity contribution is 5.76. The number of amides is 1. The first-order chi connectivity index (χ1) is 37.7. The van der Waals surface area contributed by atoms with Gasteiger partial charge in [0.25, 0.3) is 0 Å². The number of carbonyl (C=O) groups is 2. The van der Waals surface area contributed by atoms with Crippen molar-refractivity contribution in [2.24, 2.45) is 0 Å². The molecule has 0 aromatic heterocycles. The van der Waals surface area contributed by atoms with E-state index in [1.807, 2.05) is 6.08 Å². The lowest BCUT2D eigenvalue weighted by Crippen LogP contribution is -2.60. The van der Waals surface area contributed by atoms with Gasteiger partial charge in [-0.3, -0.25) is 9.59 Å². The topological polar surface area (TPSA) is 175 Å². The second-order valence-electron chi connectivity index (χ2n) is 23.2. The molecule has 1 fully saturated rings. The Balaban J connectivity index is 1.94. The predicted octanol–water partition coefficient (Wildman–Crippen LogP) is 16.1. The molecule has 0 spiro atoms. The maximum absolute atomic E-state index is 13.0. The first kappa shape index (κ1) is 73.2. The molecular weight excluding hydrogens is 967 g/mol. The Labute approximate surface area is 473 Å². The zero-order chi connectivity index (χ0) is 55.9. The molecule has 1 amide bonds. The summed E-state index contributed by atoms with van der Waals surface area (Å²) in [5, 5.41) is 54.2. The number of hydrogen-bond donors (Lipinski definition) is 6. The van der Waals surface area contributed by atoms with Crippen molar-refractivity contribution in [2.75, 3.05) is 19.8 Å². The van der Waals surface area contributed by atoms with Crippen LogP contribution in [0.5, 0.6) is 0 Å². The molecule has 0 saturated carbocycles. The molecule has 7 unspecified atom stereocenters. The third kappa shape index (κ3) is 45.4. The molecule has 77 heavy (non-hydrogen) atoms. The maximum atomic E-state index is 13.0. The number of hydrogen-bond acceptors (Lipinski definition) is 10. The van der Waals surface area contributed by atoms with Crippen LogP contribution in [0.3, 0.4) is 0 Å². The Hall–Kier alpha value is -1.86. The standard InChI is InChI=1S/C66H125NO10/c1-3-5-7-9-11-13-14-15-16-17-21-25-28-31-34-38-42-46-50-54-62(71)75-55-51-47-43-39-35-32-29-26-23-20-18-19-22-24-27-30-33-37-41-45-49-53-61(70)67-58(59(69)52-48-44-40-36-12-10-8-6-4-2)57-76-66-65(74)64(73)63(72)60(56-68)77-66/h15-16,48,52,58-60,63-66,68-69,72-74H,3-14,17-47,49-51,53-57H2,1-2H3,(H,67,70)/b16-15-,52-48+. The van der Waals surface area contributed by atoms with E-state index in [2.05, 4.69) is 31.3 Å². The third-order valence-electron chi connectivity index (χ3n) is 15.8. The molecule has 454 valence electrons. The average Bonchev–Trinajstić information content (AvgIpc) is 3.43. The second kappa shape index (κ2) is 56.0. The number of ether oxygens (including phenoxy) is 3. The lowest BCUT2D eigenvalue weighted by Gasteiger charge is -2.40. The van der Waals surface area contributed by atoms with Gasteiger partial charge in [0.15, 0.2) is 6.29 Å². The Morgan fingerprint density at radius 2 is 0.831 bits per heavy atom. The van der Waals surface area contributed by atoms with E-state index in [1.165, 1.54) is 238 Å². The van der Waals surface area contributed by atoms with Gasteiger partial charge in [0.05, 0.1) is 32.0 Å². The molecule has 1 aliphatic heterocycles. The summed E-state index contributed by atoms with van der Waals surface area (Å²) < 4.78 is 16.7. The largest absolute Gasteiger partial charge is 0.466 e. The zero-order valence-electron chi connectivity index (χ0n) is 50.2. The molecule has 0 bridgehead atoms. The van der Waals surface area contributed by atoms with Crippen LogP contribution in [-0.2, 0) is 23.8 Å². The van der Waals surface area contributed by atoms with Crippen molar-refractivity contribution in [1.82, 2.24) is 5.32 Å². The summed E-state index contributed by atoms with van der Waals surface area (Å²) >= 11 is 0. The van der Waals surface area contributed by atoms with Gasteiger partial charge >= 0.3 is 5.97 Å². The SMILES string of the molecule is CCCCCCCC/C=C\CCCCCCCCCCCC(=O)OCCCCCCCCCCCCCCCCCCCCCCCC(=O)NC(COC1OC(CO)C(O)C(O)C1O)C(O)/C=C/CCCCCCCCC. The molecule has 11 nitrogen and oxygen atoms in total. The van der Waals surface area contributed by atoms with Crippen molar-refractivity contribution >= 4 is 11.9 Å². The van der Waals surface area contributed by atoms with Gasteiger partial charge in [-0.15, -0.1) is 0 Å². The summed E-state index contributed by atoms with van der Waals surface area (Å²) in [5.74, 6) is -0.185. The number of aliphatic hydroxyl groups excluding tert-OH is 5. The van der Waals surface area contributed by atoms with Crippen molar-refractivity contribution in [3.8, 4) is 0 Å². The highest BCUT2D eigenvalue weighted by Gasteiger charge is 2.44. The van der Waals surface area contributed by atoms with Crippen molar-refractivity contribution < 1.29 is 49.3 Å². The van der Waals surface area contributed by atoms with Gasteiger partial charge in [0.2, 0.25) is 5.91 Å². The van der Waals surface area contributed by atoms with Crippen LogP contribution in [0.25, 0.3) is 0 Å². The molecule has 6 N–H and O–H groups in total. The van der Waals surface area contributed by atoms with Crippen LogP contribution in [0.15, 0.2) is 24.3 Å². The normalized spacial score (nSPS) is 18.7. The first-order valence-electron chi connectivity index (χ1n) is 33.1. The second-order valence-corrected chi connectivity index (χ2v) is 23.2. The van der Waals surface area contributed by atoms with E-state index in [9.17, 15) is 35.1 Å². The van der Waals surface area contributed by atoms with Crippen molar-refractivity contribution in [1.29, 1.82) is 0 Å². The molecule has 1 aliphatic rings. The van der Waals surface area contributed by atoms with Gasteiger partial charge in [0.1, 0.15) is 24.4 Å². The summed E-state index contributed by atoms with van der Waals surface area (Å²) in [5.41, 5.74) is 0. The molecule has 1 heterocycles. The minimum atomic E-state index is -1.57. The number of aliphatic hydroxyl groups is 5. The van der Waals surface area contributed by atoms with E-state index in [0.717, 1.165) is 57.8 Å². The van der Waals surface area contributed by atoms with Gasteiger partial charge in [-0.2, -0.15) is 0 Å². The summed E-state index contributed by atoms with van der Waals surface area (Å²) in [7, 11) is 0. The van der Waals surface area contributed by atoms with Gasteiger partial charge in [-0.05, 0) is 57.8 Å². The maximum Gasteiger partial charge on any atom is 0.305 e. The van der Waals surface area contributed by atoms with Crippen LogP contribution in [0.1, 0.15) is 322 Å². The number of carbonyl (C=O) groups excluding carboxylic acids is 2. The fourth-order valence-electron chi connectivity index (χ4n) is 10.5. The van der Waals surface area contributed by atoms with Gasteiger partial charge in [-0.1, -0.05) is 276 Å². The molecule has 0 aromatic rings. The van der Waals surface area contributed by atoms with E-state index in [-0.39, 0.29) is 18.5 Å². The molecule has 0 aliphatic carbocycles. The van der Waals surface area contributed by atoms with Crippen molar-refractivity contribution in [3.63, 3.8) is 0 Å². The fraction of sp³-hybridized carbons (Fsp3) is 0.909. The minimum absolute atomic E-state index is 0.00119. The lowest BCUT2D eigenvalue weighted by atomic mass is 9.99. The van der Waals surface area contributed by atoms with E-state index in [1.54, 1.807) is 6.08 Å². The number of allylic oxidation sites excluding steroid dienone is 3. The zero-order valence-corrected chi connectivity index (χ0v) is 50.2. The lowest BCUT2D eigenvalue weighted by molar-refractivity contribution is -0.302. The van der Waals surface area contributed by atoms with Gasteiger partial charge in [-0.25, -0.2) is 0 Å². The smallest absolute Gasteiger partial charge is 0.305 e. The van der Waals surface area contributed by atoms with Crippen molar-refractivity contribution in [3.05, 3.63) is 24.3 Å². The van der Waals surface area contributed by atoms with E-state index >= 15 is 0 Å². The minimum Gasteiger partial charge on any atom is -0.466 e. The summed E-state index contributed by atoms with van der Waals surface area (Å²) in [6.07, 6.45) is 58.7. The van der Waals surface area contributed by atoms with E-state index in [4.69, 9.17) is 14.2 Å². The van der Waals surface area contributed by atoms with Crippen LogP contribution >= 0.6 is 0 Å². The molecule has 11 heteroatoms. The predicted molar refractivity (Wildman–Crippen MR) is 320 cm³/mol. The average molecular weight is 1090 g/mol. The Morgan fingerprint density at radius 3 is 1.25 bits per heavy atom. The van der Waals surface area contributed by atoms with Crippen LogP contribution < -0.4 is 5.32 Å². The van der Waals surface area contributed by atoms with E-state index in [0.29, 0.717) is 19.4 Å². The number of rotatable bonds is 58. The Kier molecular flexibility index (Phi) is 53.2. The number of nitrogens with one attached hydrogen (secondary N) is 1. The fourth-order valence-corrected chi connectivity index (χ4v) is 10.5. The van der Waals surface area contributed by atoms with Crippen LogP contribution in [0.4, 0.5) is 0 Å². The highest BCUT2D eigenvalue weighted by atomic mass is 16.7. The molecular formula is C66H125NO10. The number of esters is 1. The van der Waals surface area contributed by atoms with Crippen LogP contribution in [-0.4, -0.2) is 100 Å². The van der Waals surface area contributed by atoms with Gasteiger partial charge in [0, 0.05) is 12.8 Å². The quantitative estimate of drug-likeness (QED) is 0.0195. The third-order valence-corrected chi connectivity index (χ3v) is 15.8. The van der Waals surface area contributed by atoms with Crippen LogP contribution in [0.2, 0.25) is 0 Å². The molecule has 1 saturated heterocycles. The van der Waals surface area contributed by atoms with Crippen molar-refractivity contribution in [2.45, 2.75) is 365 Å². The molecule has 7 atom stereocenters. The number of unbranched alkanes of at least 4 members (excludes halogenated alkanes) is 42. The monoisotopic (exact) mass is 1090 g/mol. The molecule has 0 aromatic carbocycles. The summed E-state index contributed by atoms with van der Waals surface area (Å²) in [4.78, 5) is 25.1. The molecule has 0 radical (unpaired) electrons. The summed E-state index contributed by atoms with van der Waals surface area (Å²) in [6.45, 7) is 4.33. The Bertz CT molecular complexity index is 1330. The van der Waals surface area contributed by atoms with Crippen LogP contribution in [0, 0.1) is 0 Å². The Morgan fingerprint density at radius 1 is 0.468 bits per heavy atom. The van der Waals surface area contributed by atoms with Gasteiger partial charge < -0.3 is 45.1 Å². The van der Waals surface area contributed by atoms with E-state index < -0.39 is 49.5 Å². The first-order valence-corrected chi connectivity index (χ1v) is 33.1. The molecule has 1 rings (SSSR count). The summed E-state index contributed by atoms with van der Waals surface area (Å²) in [6, 6.07) is -0.809.